The van der Waals surface area contributed by atoms with E-state index in [1.165, 1.54) is 0 Å². The van der Waals surface area contributed by atoms with Crippen LogP contribution in [0, 0.1) is 0 Å². The molecule has 1 rings (SSSR count). The summed E-state index contributed by atoms with van der Waals surface area (Å²) in [4.78, 5) is 0. The molecule has 12 heavy (non-hydrogen) atoms. The van der Waals surface area contributed by atoms with Crippen LogP contribution in [-0.4, -0.2) is 0 Å². The first-order valence-corrected chi connectivity index (χ1v) is 6.71. The monoisotopic (exact) mass is 222 g/mol. The summed E-state index contributed by atoms with van der Waals surface area (Å²) in [7, 11) is -1.96. The zero-order chi connectivity index (χ0) is 8.97. The Bertz CT molecular complexity index is 288. The summed E-state index contributed by atoms with van der Waals surface area (Å²) < 4.78 is 10.8. The Balaban J connectivity index is 2.89. The van der Waals surface area contributed by atoms with Crippen LogP contribution in [0.25, 0.3) is 0 Å². The molecule has 0 aliphatic carbocycles. The molecular weight excluding hydrogens is 214 g/mol. The van der Waals surface area contributed by atoms with E-state index in [-0.39, 0.29) is 0 Å². The number of benzene rings is 1. The molecular formula is C8H9Cl2OP. The summed E-state index contributed by atoms with van der Waals surface area (Å²) in [5.41, 5.74) is 2.00. The lowest BCUT2D eigenvalue weighted by atomic mass is 10.1. The van der Waals surface area contributed by atoms with Gasteiger partial charge in [-0.1, -0.05) is 35.5 Å². The van der Waals surface area contributed by atoms with Crippen molar-refractivity contribution in [3.8, 4) is 0 Å². The van der Waals surface area contributed by atoms with E-state index in [1.807, 2.05) is 24.3 Å². The van der Waals surface area contributed by atoms with Crippen molar-refractivity contribution in [2.75, 3.05) is 0 Å². The second-order valence-electron chi connectivity index (χ2n) is 2.43. The van der Waals surface area contributed by atoms with Gasteiger partial charge in [0.1, 0.15) is 0 Å². The zero-order valence-corrected chi connectivity index (χ0v) is 8.90. The van der Waals surface area contributed by atoms with Crippen molar-refractivity contribution < 1.29 is 4.57 Å². The lowest BCUT2D eigenvalue weighted by Crippen LogP contribution is -1.86. The SMILES string of the molecule is O=[PH](Cl)Cc1ccccc1CCl. The van der Waals surface area contributed by atoms with Gasteiger partial charge in [0.25, 0.3) is 0 Å². The summed E-state index contributed by atoms with van der Waals surface area (Å²) >= 11 is 11.1. The summed E-state index contributed by atoms with van der Waals surface area (Å²) in [6, 6.07) is 7.63. The van der Waals surface area contributed by atoms with Crippen LogP contribution < -0.4 is 0 Å². The van der Waals surface area contributed by atoms with Crippen LogP contribution in [0.4, 0.5) is 0 Å². The molecule has 1 unspecified atom stereocenters. The highest BCUT2D eigenvalue weighted by atomic mass is 35.7. The van der Waals surface area contributed by atoms with Gasteiger partial charge in [0.2, 0.25) is 0 Å². The number of hydrogen-bond acceptors (Lipinski definition) is 1. The molecule has 4 heteroatoms. The van der Waals surface area contributed by atoms with Crippen LogP contribution in [-0.2, 0) is 16.6 Å². The van der Waals surface area contributed by atoms with Gasteiger partial charge in [-0.25, -0.2) is 0 Å². The molecule has 0 aliphatic rings. The molecule has 0 spiro atoms. The maximum atomic E-state index is 10.8. The maximum absolute atomic E-state index is 10.8. The lowest BCUT2D eigenvalue weighted by Gasteiger charge is -2.02. The smallest absolute Gasteiger partial charge is 0.162 e. The summed E-state index contributed by atoms with van der Waals surface area (Å²) in [5, 5.41) is 0. The molecule has 0 amide bonds. The Morgan fingerprint density at radius 1 is 1.25 bits per heavy atom. The van der Waals surface area contributed by atoms with E-state index < -0.39 is 7.15 Å². The Hall–Kier alpha value is 0.0300. The summed E-state index contributed by atoms with van der Waals surface area (Å²) in [6.45, 7) is 0. The van der Waals surface area contributed by atoms with Crippen LogP contribution in [0.15, 0.2) is 24.3 Å². The van der Waals surface area contributed by atoms with E-state index in [9.17, 15) is 4.57 Å². The van der Waals surface area contributed by atoms with E-state index >= 15 is 0 Å². The minimum absolute atomic E-state index is 0.440. The molecule has 0 radical (unpaired) electrons. The average molecular weight is 223 g/mol. The molecule has 0 bridgehead atoms. The largest absolute Gasteiger partial charge is 0.310 e. The first-order chi connectivity index (χ1) is 5.74. The van der Waals surface area contributed by atoms with Gasteiger partial charge in [-0.3, -0.25) is 0 Å². The number of alkyl halides is 1. The molecule has 0 saturated carbocycles. The van der Waals surface area contributed by atoms with Crippen LogP contribution in [0.1, 0.15) is 11.1 Å². The van der Waals surface area contributed by atoms with Crippen molar-refractivity contribution in [3.63, 3.8) is 0 Å². The van der Waals surface area contributed by atoms with E-state index in [4.69, 9.17) is 22.8 Å². The topological polar surface area (TPSA) is 17.1 Å². The Kier molecular flexibility index (Phi) is 4.14. The van der Waals surface area contributed by atoms with E-state index in [0.29, 0.717) is 12.0 Å². The average Bonchev–Trinajstić information content (AvgIpc) is 2.04. The van der Waals surface area contributed by atoms with Crippen LogP contribution in [0.3, 0.4) is 0 Å². The minimum atomic E-state index is -1.96. The summed E-state index contributed by atoms with van der Waals surface area (Å²) in [6.07, 6.45) is 0.440. The van der Waals surface area contributed by atoms with E-state index in [0.717, 1.165) is 11.1 Å². The van der Waals surface area contributed by atoms with Gasteiger partial charge in [-0.05, 0) is 11.1 Å². The molecule has 1 aromatic carbocycles. The Morgan fingerprint density at radius 3 is 2.33 bits per heavy atom. The fraction of sp³-hybridized carbons (Fsp3) is 0.250. The van der Waals surface area contributed by atoms with Gasteiger partial charge in [0.15, 0.2) is 7.15 Å². The quantitative estimate of drug-likeness (QED) is 0.564. The molecule has 0 saturated heterocycles. The normalized spacial score (nSPS) is 12.8. The third kappa shape index (κ3) is 2.82. The predicted molar refractivity (Wildman–Crippen MR) is 54.6 cm³/mol. The minimum Gasteiger partial charge on any atom is -0.310 e. The molecule has 0 aliphatic heterocycles. The second-order valence-corrected chi connectivity index (χ2v) is 5.03. The Labute approximate surface area is 82.3 Å². The highest BCUT2D eigenvalue weighted by Gasteiger charge is 2.02. The van der Waals surface area contributed by atoms with Gasteiger partial charge >= 0.3 is 0 Å². The first-order valence-electron chi connectivity index (χ1n) is 3.55. The van der Waals surface area contributed by atoms with Crippen molar-refractivity contribution in [2.45, 2.75) is 12.0 Å². The fourth-order valence-electron chi connectivity index (χ4n) is 1.01. The predicted octanol–water partition coefficient (Wildman–Crippen LogP) is 3.64. The van der Waals surface area contributed by atoms with Crippen LogP contribution in [0.5, 0.6) is 0 Å². The highest BCUT2D eigenvalue weighted by Crippen LogP contribution is 2.32. The maximum Gasteiger partial charge on any atom is 0.162 e. The summed E-state index contributed by atoms with van der Waals surface area (Å²) in [5.74, 6) is 0.447. The van der Waals surface area contributed by atoms with Gasteiger partial charge in [0.05, 0.1) is 0 Å². The van der Waals surface area contributed by atoms with E-state index in [2.05, 4.69) is 0 Å². The third-order valence-corrected chi connectivity index (χ3v) is 2.94. The van der Waals surface area contributed by atoms with Crippen molar-refractivity contribution in [1.82, 2.24) is 0 Å². The van der Waals surface area contributed by atoms with Gasteiger partial charge < -0.3 is 4.57 Å². The lowest BCUT2D eigenvalue weighted by molar-refractivity contribution is 0.595. The van der Waals surface area contributed by atoms with Crippen LogP contribution >= 0.6 is 30.0 Å². The fourth-order valence-corrected chi connectivity index (χ4v) is 2.35. The van der Waals surface area contributed by atoms with Crippen molar-refractivity contribution >= 4 is 30.0 Å². The molecule has 66 valence electrons. The first kappa shape index (κ1) is 10.1. The van der Waals surface area contributed by atoms with Gasteiger partial charge in [0, 0.05) is 12.0 Å². The van der Waals surface area contributed by atoms with Crippen molar-refractivity contribution in [2.24, 2.45) is 0 Å². The second kappa shape index (κ2) is 4.91. The van der Waals surface area contributed by atoms with Crippen molar-refractivity contribution in [3.05, 3.63) is 35.4 Å². The number of halogens is 2. The number of rotatable bonds is 3. The molecule has 0 N–H and O–H groups in total. The highest BCUT2D eigenvalue weighted by molar-refractivity contribution is 7.73. The van der Waals surface area contributed by atoms with Gasteiger partial charge in [-0.2, -0.15) is 0 Å². The molecule has 0 heterocycles. The zero-order valence-electron chi connectivity index (χ0n) is 6.39. The number of hydrogen-bond donors (Lipinski definition) is 0. The molecule has 0 fully saturated rings. The molecule has 1 nitrogen and oxygen atoms in total. The van der Waals surface area contributed by atoms with Crippen molar-refractivity contribution in [1.29, 1.82) is 0 Å². The third-order valence-electron chi connectivity index (χ3n) is 1.59. The molecule has 0 aromatic heterocycles. The standard InChI is InChI=1S/C8H9Cl2OP/c9-5-7-3-1-2-4-8(7)6-12(10)11/h1-4,12H,5-6H2. The Morgan fingerprint density at radius 2 is 1.83 bits per heavy atom. The molecule has 1 atom stereocenters. The van der Waals surface area contributed by atoms with E-state index in [1.54, 1.807) is 0 Å². The van der Waals surface area contributed by atoms with Crippen LogP contribution in [0.2, 0.25) is 0 Å². The molecule has 1 aromatic rings. The van der Waals surface area contributed by atoms with Gasteiger partial charge in [-0.15, -0.1) is 11.6 Å².